The molecule has 98 valence electrons. The predicted molar refractivity (Wildman–Crippen MR) is 72.8 cm³/mol. The molecule has 0 amide bonds. The van der Waals surface area contributed by atoms with Crippen molar-refractivity contribution in [2.75, 3.05) is 13.2 Å². The van der Waals surface area contributed by atoms with Gasteiger partial charge in [0.1, 0.15) is 0 Å². The zero-order valence-electron chi connectivity index (χ0n) is 10.9. The molecule has 0 unspecified atom stereocenters. The van der Waals surface area contributed by atoms with Crippen LogP contribution in [0.4, 0.5) is 0 Å². The maximum absolute atomic E-state index is 11.8. The van der Waals surface area contributed by atoms with Crippen LogP contribution in [-0.4, -0.2) is 19.0 Å². The van der Waals surface area contributed by atoms with Crippen LogP contribution in [0.25, 0.3) is 0 Å². The quantitative estimate of drug-likeness (QED) is 0.514. The number of ether oxygens (including phenoxy) is 1. The largest absolute Gasteiger partial charge is 0.381 e. The molecule has 0 radical (unpaired) electrons. The summed E-state index contributed by atoms with van der Waals surface area (Å²) >= 11 is 0. The lowest BCUT2D eigenvalue weighted by Crippen LogP contribution is -2.13. The van der Waals surface area contributed by atoms with Crippen molar-refractivity contribution in [1.29, 1.82) is 0 Å². The van der Waals surface area contributed by atoms with E-state index in [0.29, 0.717) is 13.0 Å². The molecule has 1 aromatic rings. The van der Waals surface area contributed by atoms with Crippen molar-refractivity contribution in [3.63, 3.8) is 0 Å². The Morgan fingerprint density at radius 3 is 2.61 bits per heavy atom. The first-order chi connectivity index (χ1) is 8.86. The third-order valence-electron chi connectivity index (χ3n) is 3.68. The van der Waals surface area contributed by atoms with Gasteiger partial charge in [0.15, 0.2) is 5.78 Å². The number of ketones is 1. The number of hydrogen-bond donors (Lipinski definition) is 0. The minimum absolute atomic E-state index is 0.221. The number of carbonyl (C=O) groups excluding carboxylic acids is 1. The van der Waals surface area contributed by atoms with Gasteiger partial charge in [-0.1, -0.05) is 49.6 Å². The molecule has 2 nitrogen and oxygen atoms in total. The maximum atomic E-state index is 11.8. The van der Waals surface area contributed by atoms with Crippen LogP contribution in [0, 0.1) is 5.92 Å². The second kappa shape index (κ2) is 7.32. The molecule has 0 aromatic heterocycles. The summed E-state index contributed by atoms with van der Waals surface area (Å²) in [7, 11) is 0. The number of Topliss-reactive ketones (excluding diaryl/α,β-unsaturated/α-hetero) is 1. The van der Waals surface area contributed by atoms with Crippen LogP contribution >= 0.6 is 0 Å². The Balaban J connectivity index is 1.51. The smallest absolute Gasteiger partial charge is 0.162 e. The van der Waals surface area contributed by atoms with E-state index >= 15 is 0 Å². The van der Waals surface area contributed by atoms with Crippen LogP contribution in [-0.2, 0) is 4.74 Å². The van der Waals surface area contributed by atoms with Crippen LogP contribution in [0.2, 0.25) is 0 Å². The lowest BCUT2D eigenvalue weighted by atomic mass is 9.83. The van der Waals surface area contributed by atoms with Crippen LogP contribution in [0.15, 0.2) is 30.3 Å². The van der Waals surface area contributed by atoms with Gasteiger partial charge in [0, 0.05) is 25.2 Å². The van der Waals surface area contributed by atoms with Gasteiger partial charge in [-0.15, -0.1) is 0 Å². The lowest BCUT2D eigenvalue weighted by Gasteiger charge is -2.24. The van der Waals surface area contributed by atoms with E-state index in [2.05, 4.69) is 0 Å². The second-order valence-electron chi connectivity index (χ2n) is 5.09. The highest BCUT2D eigenvalue weighted by molar-refractivity contribution is 5.95. The molecule has 1 aromatic carbocycles. The zero-order valence-corrected chi connectivity index (χ0v) is 10.9. The summed E-state index contributed by atoms with van der Waals surface area (Å²) < 4.78 is 5.57. The van der Waals surface area contributed by atoms with Gasteiger partial charge in [-0.25, -0.2) is 0 Å². The van der Waals surface area contributed by atoms with Crippen molar-refractivity contribution < 1.29 is 9.53 Å². The molecule has 1 aliphatic rings. The molecule has 1 fully saturated rings. The van der Waals surface area contributed by atoms with Crippen LogP contribution in [0.5, 0.6) is 0 Å². The van der Waals surface area contributed by atoms with Crippen molar-refractivity contribution >= 4 is 5.78 Å². The van der Waals surface area contributed by atoms with Crippen molar-refractivity contribution in [3.05, 3.63) is 35.9 Å². The summed E-state index contributed by atoms with van der Waals surface area (Å²) in [6.07, 6.45) is 6.79. The topological polar surface area (TPSA) is 26.3 Å². The average molecular weight is 246 g/mol. The summed E-state index contributed by atoms with van der Waals surface area (Å²) in [6, 6.07) is 9.49. The van der Waals surface area contributed by atoms with Crippen LogP contribution in [0.3, 0.4) is 0 Å². The van der Waals surface area contributed by atoms with Crippen molar-refractivity contribution in [1.82, 2.24) is 0 Å². The maximum Gasteiger partial charge on any atom is 0.162 e. The third-order valence-corrected chi connectivity index (χ3v) is 3.68. The molecule has 2 heteroatoms. The summed E-state index contributed by atoms with van der Waals surface area (Å²) in [4.78, 5) is 11.8. The third kappa shape index (κ3) is 4.26. The average Bonchev–Trinajstić information content (AvgIpc) is 2.36. The monoisotopic (exact) mass is 246 g/mol. The minimum atomic E-state index is 0.221. The van der Waals surface area contributed by atoms with E-state index in [1.807, 2.05) is 30.3 Å². The summed E-state index contributed by atoms with van der Waals surface area (Å²) in [5, 5.41) is 0. The Labute approximate surface area is 109 Å². The Bertz CT molecular complexity index is 355. The Morgan fingerprint density at radius 1 is 1.17 bits per heavy atom. The van der Waals surface area contributed by atoms with E-state index in [4.69, 9.17) is 4.74 Å². The summed E-state index contributed by atoms with van der Waals surface area (Å²) in [5.74, 6) is 1.13. The molecule has 0 N–H and O–H groups in total. The highest BCUT2D eigenvalue weighted by Crippen LogP contribution is 2.29. The van der Waals surface area contributed by atoms with Gasteiger partial charge >= 0.3 is 0 Å². The Kier molecular flexibility index (Phi) is 5.40. The summed E-state index contributed by atoms with van der Waals surface area (Å²) in [6.45, 7) is 1.58. The molecule has 0 saturated heterocycles. The van der Waals surface area contributed by atoms with Gasteiger partial charge in [-0.3, -0.25) is 4.79 Å². The van der Waals surface area contributed by atoms with Gasteiger partial charge in [0.05, 0.1) is 0 Å². The van der Waals surface area contributed by atoms with Crippen LogP contribution < -0.4 is 0 Å². The highest BCUT2D eigenvalue weighted by atomic mass is 16.5. The predicted octanol–water partition coefficient (Wildman–Crippen LogP) is 3.86. The minimum Gasteiger partial charge on any atom is -0.381 e. The standard InChI is InChI=1S/C16H22O2/c17-16(15-8-2-1-3-9-15)10-5-12-18-13-11-14-6-4-7-14/h1-3,8-9,14H,4-7,10-13H2. The lowest BCUT2D eigenvalue weighted by molar-refractivity contribution is 0.0893. The van der Waals surface area contributed by atoms with E-state index in [9.17, 15) is 4.79 Å². The van der Waals surface area contributed by atoms with Crippen molar-refractivity contribution in [2.24, 2.45) is 5.92 Å². The van der Waals surface area contributed by atoms with Gasteiger partial charge in [0.2, 0.25) is 0 Å². The first-order valence-electron chi connectivity index (χ1n) is 7.02. The molecule has 0 bridgehead atoms. The highest BCUT2D eigenvalue weighted by Gasteiger charge is 2.16. The number of hydrogen-bond acceptors (Lipinski definition) is 2. The zero-order chi connectivity index (χ0) is 12.6. The fourth-order valence-corrected chi connectivity index (χ4v) is 2.24. The van der Waals surface area contributed by atoms with Gasteiger partial charge in [-0.2, -0.15) is 0 Å². The first-order valence-corrected chi connectivity index (χ1v) is 7.02. The first kappa shape index (κ1) is 13.3. The van der Waals surface area contributed by atoms with E-state index in [-0.39, 0.29) is 5.78 Å². The number of benzene rings is 1. The molecule has 2 rings (SSSR count). The molecule has 0 spiro atoms. The molecular formula is C16H22O2. The fourth-order valence-electron chi connectivity index (χ4n) is 2.24. The van der Waals surface area contributed by atoms with Gasteiger partial charge < -0.3 is 4.74 Å². The van der Waals surface area contributed by atoms with Crippen molar-refractivity contribution in [2.45, 2.75) is 38.5 Å². The number of rotatable bonds is 8. The van der Waals surface area contributed by atoms with E-state index in [1.165, 1.54) is 25.7 Å². The summed E-state index contributed by atoms with van der Waals surface area (Å²) in [5.41, 5.74) is 0.812. The normalized spacial score (nSPS) is 15.3. The van der Waals surface area contributed by atoms with E-state index in [0.717, 1.165) is 24.5 Å². The van der Waals surface area contributed by atoms with E-state index in [1.54, 1.807) is 0 Å². The molecule has 0 heterocycles. The molecule has 1 aliphatic carbocycles. The van der Waals surface area contributed by atoms with Crippen molar-refractivity contribution in [3.8, 4) is 0 Å². The second-order valence-corrected chi connectivity index (χ2v) is 5.09. The Hall–Kier alpha value is -1.15. The molecule has 0 aliphatic heterocycles. The van der Waals surface area contributed by atoms with E-state index < -0.39 is 0 Å². The van der Waals surface area contributed by atoms with Gasteiger partial charge in [-0.05, 0) is 18.8 Å². The molecule has 1 saturated carbocycles. The molecule has 0 atom stereocenters. The molecular weight excluding hydrogens is 224 g/mol. The van der Waals surface area contributed by atoms with Crippen LogP contribution in [0.1, 0.15) is 48.9 Å². The van der Waals surface area contributed by atoms with Gasteiger partial charge in [0.25, 0.3) is 0 Å². The SMILES string of the molecule is O=C(CCCOCCC1CCC1)c1ccccc1. The number of carbonyl (C=O) groups is 1. The fraction of sp³-hybridized carbons (Fsp3) is 0.562. The Morgan fingerprint density at radius 2 is 1.94 bits per heavy atom. The molecule has 18 heavy (non-hydrogen) atoms.